The van der Waals surface area contributed by atoms with E-state index in [1.54, 1.807) is 20.8 Å². The van der Waals surface area contributed by atoms with E-state index >= 15 is 0 Å². The Bertz CT molecular complexity index is 1000. The Labute approximate surface area is 228 Å². The van der Waals surface area contributed by atoms with Gasteiger partial charge in [-0.25, -0.2) is 14.5 Å². The maximum absolute atomic E-state index is 13.9. The first-order valence-electron chi connectivity index (χ1n) is 13.6. The van der Waals surface area contributed by atoms with Crippen molar-refractivity contribution in [3.63, 3.8) is 0 Å². The number of nitrogens with two attached hydrogens (primary N) is 1. The summed E-state index contributed by atoms with van der Waals surface area (Å²) in [7, 11) is -1.36. The normalized spacial score (nSPS) is 30.6. The van der Waals surface area contributed by atoms with E-state index in [1.165, 1.54) is 4.90 Å². The van der Waals surface area contributed by atoms with Gasteiger partial charge in [-0.05, 0) is 80.1 Å². The minimum atomic E-state index is -1.36. The monoisotopic (exact) mass is 552 g/mol. The predicted octanol–water partition coefficient (Wildman–Crippen LogP) is 3.56. The first-order valence-corrected chi connectivity index (χ1v) is 14.8. The zero-order valence-electron chi connectivity index (χ0n) is 23.6. The summed E-state index contributed by atoms with van der Waals surface area (Å²) in [5, 5.41) is 3.07. The van der Waals surface area contributed by atoms with Crippen LogP contribution in [0.5, 0.6) is 0 Å². The van der Waals surface area contributed by atoms with Crippen molar-refractivity contribution in [3.05, 3.63) is 12.2 Å². The van der Waals surface area contributed by atoms with Crippen LogP contribution in [0.1, 0.15) is 92.9 Å². The Morgan fingerprint density at radius 2 is 1.79 bits per heavy atom. The number of carbonyl (C=O) groups is 4. The molecule has 5 atom stereocenters. The first-order chi connectivity index (χ1) is 17.6. The lowest BCUT2D eigenvalue weighted by Gasteiger charge is -2.35. The summed E-state index contributed by atoms with van der Waals surface area (Å²) in [4.78, 5) is 54.3. The number of carbonyl (C=O) groups excluding carboxylic acids is 4. The zero-order valence-corrected chi connectivity index (χ0v) is 24.4. The highest BCUT2D eigenvalue weighted by molar-refractivity contribution is 7.88. The molecular weight excluding hydrogens is 508 g/mol. The number of primary amides is 1. The van der Waals surface area contributed by atoms with Crippen molar-refractivity contribution < 1.29 is 28.1 Å². The van der Waals surface area contributed by atoms with Crippen LogP contribution < -0.4 is 11.1 Å². The summed E-state index contributed by atoms with van der Waals surface area (Å²) in [6, 6.07) is -3.04. The highest BCUT2D eigenvalue weighted by Crippen LogP contribution is 2.50. The van der Waals surface area contributed by atoms with Crippen LogP contribution in [0.15, 0.2) is 12.2 Å². The molecule has 214 valence electrons. The number of rotatable bonds is 2. The smallest absolute Gasteiger partial charge is 0.419 e. The fourth-order valence-corrected chi connectivity index (χ4v) is 7.28. The molecule has 4 unspecified atom stereocenters. The quantitative estimate of drug-likeness (QED) is 0.502. The lowest BCUT2D eigenvalue weighted by molar-refractivity contribution is -0.142. The van der Waals surface area contributed by atoms with Gasteiger partial charge >= 0.3 is 12.1 Å². The third-order valence-corrected chi connectivity index (χ3v) is 9.51. The summed E-state index contributed by atoms with van der Waals surface area (Å²) >= 11 is 0. The van der Waals surface area contributed by atoms with E-state index in [0.29, 0.717) is 37.1 Å². The highest BCUT2D eigenvalue weighted by Gasteiger charge is 2.62. The molecule has 3 aliphatic rings. The van der Waals surface area contributed by atoms with Gasteiger partial charge in [-0.15, -0.1) is 0 Å². The van der Waals surface area contributed by atoms with Crippen LogP contribution in [0.25, 0.3) is 0 Å². The molecule has 0 aromatic heterocycles. The van der Waals surface area contributed by atoms with Gasteiger partial charge < -0.3 is 20.7 Å². The largest absolute Gasteiger partial charge is 0.443 e. The molecule has 2 heterocycles. The summed E-state index contributed by atoms with van der Waals surface area (Å²) in [6.07, 6.45) is 7.98. The van der Waals surface area contributed by atoms with Crippen LogP contribution in [0, 0.1) is 5.92 Å². The fraction of sp³-hybridized carbons (Fsp3) is 0.778. The number of nitrogens with zero attached hydrogens (tertiary/aromatic N) is 2. The van der Waals surface area contributed by atoms with Gasteiger partial charge in [-0.2, -0.15) is 0 Å². The molecule has 1 aliphatic carbocycles. The van der Waals surface area contributed by atoms with Gasteiger partial charge in [0, 0.05) is 17.2 Å². The molecule has 0 aromatic carbocycles. The van der Waals surface area contributed by atoms with Gasteiger partial charge in [-0.3, -0.25) is 13.8 Å². The second-order valence-electron chi connectivity index (χ2n) is 12.5. The predicted molar refractivity (Wildman–Crippen MR) is 145 cm³/mol. The van der Waals surface area contributed by atoms with Crippen molar-refractivity contribution >= 4 is 34.7 Å². The van der Waals surface area contributed by atoms with Crippen LogP contribution >= 0.6 is 0 Å². The van der Waals surface area contributed by atoms with Crippen molar-refractivity contribution in [2.45, 2.75) is 120 Å². The fourth-order valence-electron chi connectivity index (χ4n) is 5.31. The van der Waals surface area contributed by atoms with Gasteiger partial charge in [0.15, 0.2) is 0 Å². The van der Waals surface area contributed by atoms with Gasteiger partial charge in [-0.1, -0.05) is 25.0 Å². The number of allylic oxidation sites excluding steroid dienone is 1. The van der Waals surface area contributed by atoms with Crippen LogP contribution in [0.2, 0.25) is 0 Å². The number of hydrogen-bond acceptors (Lipinski definition) is 6. The van der Waals surface area contributed by atoms with Crippen molar-refractivity contribution in [3.8, 4) is 0 Å². The number of urea groups is 1. The zero-order chi connectivity index (χ0) is 28.5. The Hall–Kier alpha value is -2.43. The molecule has 0 aromatic rings. The molecule has 1 saturated carbocycles. The van der Waals surface area contributed by atoms with E-state index in [1.807, 2.05) is 20.8 Å². The third kappa shape index (κ3) is 6.76. The summed E-state index contributed by atoms with van der Waals surface area (Å²) in [5.74, 6) is -0.896. The van der Waals surface area contributed by atoms with E-state index in [4.69, 9.17) is 10.5 Å². The van der Waals surface area contributed by atoms with Gasteiger partial charge in [0.2, 0.25) is 11.8 Å². The summed E-state index contributed by atoms with van der Waals surface area (Å²) in [6.45, 7) is 11.0. The molecule has 2 aliphatic heterocycles. The highest BCUT2D eigenvalue weighted by atomic mass is 32.2. The molecule has 0 spiro atoms. The molecule has 3 rings (SSSR count). The summed E-state index contributed by atoms with van der Waals surface area (Å²) in [5.41, 5.74) is 4.71. The second kappa shape index (κ2) is 11.4. The minimum Gasteiger partial charge on any atom is -0.443 e. The van der Waals surface area contributed by atoms with Gasteiger partial charge in [0.1, 0.15) is 22.6 Å². The Morgan fingerprint density at radius 1 is 1.11 bits per heavy atom. The van der Waals surface area contributed by atoms with Crippen LogP contribution in [-0.4, -0.2) is 71.8 Å². The molecule has 38 heavy (non-hydrogen) atoms. The topological polar surface area (TPSA) is 139 Å². The standard InChI is InChI=1S/C27H44N4O6S/c1-25(2,3)37-24(35)31(23(28)34)20-14-11-9-7-8-10-13-18-17-27(18,38(36)26(4,5)6)29-21(32)19-15-12-16-30(19)22(20)33/h10,13,18-20H,7-9,11-12,14-17H2,1-6H3,(H2,28,34)(H,29,32)/b13-10-/t18?,19?,20?,27?,38-/m0/s1. The number of ether oxygens (including phenoxy) is 1. The number of amides is 5. The maximum atomic E-state index is 13.9. The Balaban J connectivity index is 1.95. The molecule has 0 radical (unpaired) electrons. The van der Waals surface area contributed by atoms with E-state index in [2.05, 4.69) is 17.5 Å². The van der Waals surface area contributed by atoms with Crippen molar-refractivity contribution in [2.24, 2.45) is 11.7 Å². The molecule has 5 amide bonds. The lowest BCUT2D eigenvalue weighted by Crippen LogP contribution is -2.59. The van der Waals surface area contributed by atoms with Crippen molar-refractivity contribution in [1.29, 1.82) is 0 Å². The number of imide groups is 1. The molecular formula is C27H44N4O6S. The molecule has 0 bridgehead atoms. The average Bonchev–Trinajstić information content (AvgIpc) is 3.23. The van der Waals surface area contributed by atoms with E-state index < -0.39 is 56.1 Å². The second-order valence-corrected chi connectivity index (χ2v) is 15.0. The Kier molecular flexibility index (Phi) is 9.00. The maximum Gasteiger partial charge on any atom is 0.419 e. The number of nitrogens with one attached hydrogen (secondary N) is 1. The third-order valence-electron chi connectivity index (χ3n) is 7.16. The van der Waals surface area contributed by atoms with Crippen LogP contribution in [-0.2, 0) is 25.1 Å². The number of fused-ring (bicyclic) bond motifs is 2. The lowest BCUT2D eigenvalue weighted by atomic mass is 10.0. The van der Waals surface area contributed by atoms with Gasteiger partial charge in [0.25, 0.3) is 0 Å². The first kappa shape index (κ1) is 30.1. The van der Waals surface area contributed by atoms with E-state index in [-0.39, 0.29) is 18.2 Å². The molecule has 2 fully saturated rings. The molecule has 11 heteroatoms. The minimum absolute atomic E-state index is 0.0348. The van der Waals surface area contributed by atoms with E-state index in [9.17, 15) is 23.4 Å². The number of hydrogen-bond donors (Lipinski definition) is 2. The molecule has 10 nitrogen and oxygen atoms in total. The average molecular weight is 553 g/mol. The SMILES string of the molecule is CC(C)(C)OC(=O)N(C(N)=O)C1CCCCC/C=C\C2CC2([S@@](=O)C(C)(C)C)NC(=O)C2CCCN2C1=O. The molecule has 1 saturated heterocycles. The van der Waals surface area contributed by atoms with E-state index in [0.717, 1.165) is 19.3 Å². The van der Waals surface area contributed by atoms with Crippen LogP contribution in [0.4, 0.5) is 9.59 Å². The van der Waals surface area contributed by atoms with Crippen molar-refractivity contribution in [2.75, 3.05) is 6.54 Å². The van der Waals surface area contributed by atoms with Crippen LogP contribution in [0.3, 0.4) is 0 Å². The Morgan fingerprint density at radius 3 is 2.39 bits per heavy atom. The molecule has 3 N–H and O–H groups in total. The summed E-state index contributed by atoms with van der Waals surface area (Å²) < 4.78 is 18.4. The van der Waals surface area contributed by atoms with Crippen molar-refractivity contribution in [1.82, 2.24) is 15.1 Å². The van der Waals surface area contributed by atoms with Gasteiger partial charge in [0.05, 0.1) is 10.8 Å².